The van der Waals surface area contributed by atoms with E-state index in [4.69, 9.17) is 0 Å². The predicted octanol–water partition coefficient (Wildman–Crippen LogP) is 4.03. The number of nitrogens with zero attached hydrogens (tertiary/aromatic N) is 3. The van der Waals surface area contributed by atoms with Crippen LogP contribution in [-0.2, 0) is 10.0 Å². The Morgan fingerprint density at radius 1 is 1.03 bits per heavy atom. The van der Waals surface area contributed by atoms with Gasteiger partial charge < -0.3 is 14.9 Å². The summed E-state index contributed by atoms with van der Waals surface area (Å²) in [5.41, 5.74) is 1.13. The quantitative estimate of drug-likeness (QED) is 0.519. The van der Waals surface area contributed by atoms with Crippen LogP contribution >= 0.6 is 0 Å². The summed E-state index contributed by atoms with van der Waals surface area (Å²) in [6, 6.07) is 14.3. The lowest BCUT2D eigenvalue weighted by Gasteiger charge is -2.45. The second-order valence-corrected chi connectivity index (χ2v) is 11.1. The van der Waals surface area contributed by atoms with Crippen LogP contribution in [0.15, 0.2) is 65.7 Å². The molecule has 9 nitrogen and oxygen atoms in total. The van der Waals surface area contributed by atoms with Gasteiger partial charge in [0.1, 0.15) is 4.90 Å². The summed E-state index contributed by atoms with van der Waals surface area (Å²) in [5, 5.41) is 10.3. The summed E-state index contributed by atoms with van der Waals surface area (Å²) in [5.74, 6) is 0.333. The molecule has 3 aromatic rings. The Bertz CT molecular complexity index is 1400. The number of carbonyl (C=O) groups excluding carboxylic acids is 1. The van der Waals surface area contributed by atoms with Gasteiger partial charge in [0.05, 0.1) is 11.6 Å². The van der Waals surface area contributed by atoms with E-state index in [0.29, 0.717) is 29.2 Å². The van der Waals surface area contributed by atoms with Gasteiger partial charge in [-0.2, -0.15) is 0 Å². The molecule has 1 saturated heterocycles. The zero-order valence-electron chi connectivity index (χ0n) is 19.9. The topological polar surface area (TPSA) is 120 Å². The maximum Gasteiger partial charge on any atom is 0.407 e. The molecule has 2 aromatic carbocycles. The van der Waals surface area contributed by atoms with Gasteiger partial charge in [0.2, 0.25) is 0 Å². The maximum atomic E-state index is 13.3. The third-order valence-electron chi connectivity index (χ3n) is 7.08. The lowest BCUT2D eigenvalue weighted by atomic mass is 9.96. The molecule has 1 aliphatic heterocycles. The zero-order valence-corrected chi connectivity index (χ0v) is 20.7. The molecule has 0 spiro atoms. The van der Waals surface area contributed by atoms with Crippen LogP contribution in [-0.4, -0.2) is 65.5 Å². The number of carbonyl (C=O) groups is 2. The Kier molecular flexibility index (Phi) is 6.29. The van der Waals surface area contributed by atoms with Crippen molar-refractivity contribution in [3.63, 3.8) is 0 Å². The van der Waals surface area contributed by atoms with Gasteiger partial charge in [-0.3, -0.25) is 14.5 Å². The van der Waals surface area contributed by atoms with Crippen molar-refractivity contribution in [1.29, 1.82) is 0 Å². The summed E-state index contributed by atoms with van der Waals surface area (Å²) in [4.78, 5) is 32.5. The number of nitrogens with one attached hydrogen (secondary N) is 1. The molecule has 188 valence electrons. The van der Waals surface area contributed by atoms with Gasteiger partial charge in [0.25, 0.3) is 15.9 Å². The molecule has 2 fully saturated rings. The number of para-hydroxylation sites is 1. The zero-order chi connectivity index (χ0) is 25.4. The van der Waals surface area contributed by atoms with Gasteiger partial charge in [-0.25, -0.2) is 13.2 Å². The van der Waals surface area contributed by atoms with E-state index >= 15 is 0 Å². The van der Waals surface area contributed by atoms with Gasteiger partial charge in [-0.1, -0.05) is 31.0 Å². The van der Waals surface area contributed by atoms with Crippen LogP contribution in [0.25, 0.3) is 10.9 Å². The molecule has 1 unspecified atom stereocenters. The van der Waals surface area contributed by atoms with E-state index in [-0.39, 0.29) is 29.4 Å². The number of aromatic nitrogens is 1. The first-order chi connectivity index (χ1) is 17.2. The van der Waals surface area contributed by atoms with E-state index < -0.39 is 16.1 Å². The number of anilines is 1. The molecular weight excluding hydrogens is 480 g/mol. The minimum Gasteiger partial charge on any atom is -0.465 e. The lowest BCUT2D eigenvalue weighted by molar-refractivity contribution is 0.0215. The average molecular weight is 509 g/mol. The molecule has 0 bridgehead atoms. The van der Waals surface area contributed by atoms with Crippen LogP contribution in [0.2, 0.25) is 0 Å². The smallest absolute Gasteiger partial charge is 0.407 e. The fourth-order valence-corrected chi connectivity index (χ4v) is 6.19. The predicted molar refractivity (Wildman–Crippen MR) is 135 cm³/mol. The summed E-state index contributed by atoms with van der Waals surface area (Å²) >= 11 is 0. The fourth-order valence-electron chi connectivity index (χ4n) is 4.95. The van der Waals surface area contributed by atoms with Gasteiger partial charge >= 0.3 is 6.09 Å². The van der Waals surface area contributed by atoms with Crippen molar-refractivity contribution in [3.8, 4) is 0 Å². The second kappa shape index (κ2) is 9.42. The standard InChI is InChI=1S/C26H28N4O5S/c1-17-22(16-18-7-8-18)30(26(32)33)15-14-29(17)25(31)20-9-11-21(12-10-20)28-36(34,35)23-6-2-4-19-5-3-13-27-24(19)23/h2-6,9-13,17-18,22,28H,7-8,14-16H2,1H3,(H,32,33)/t17?,22-/m0/s1. The molecule has 2 atom stereocenters. The Morgan fingerprint density at radius 2 is 1.72 bits per heavy atom. The van der Waals surface area contributed by atoms with Crippen molar-refractivity contribution >= 4 is 38.6 Å². The Labute approximate surface area is 209 Å². The molecule has 36 heavy (non-hydrogen) atoms. The summed E-state index contributed by atoms with van der Waals surface area (Å²) in [6.45, 7) is 2.50. The number of hydrogen-bond acceptors (Lipinski definition) is 5. The van der Waals surface area contributed by atoms with Gasteiger partial charge in [0, 0.05) is 42.0 Å². The Morgan fingerprint density at radius 3 is 2.42 bits per heavy atom. The first kappa shape index (κ1) is 24.1. The fraction of sp³-hybridized carbons (Fsp3) is 0.346. The molecule has 1 saturated carbocycles. The van der Waals surface area contributed by atoms with E-state index in [0.717, 1.165) is 24.6 Å². The highest BCUT2D eigenvalue weighted by Gasteiger charge is 2.41. The molecule has 1 aromatic heterocycles. The summed E-state index contributed by atoms with van der Waals surface area (Å²) in [6.07, 6.45) is 3.58. The largest absolute Gasteiger partial charge is 0.465 e. The Balaban J connectivity index is 1.32. The van der Waals surface area contributed by atoms with Gasteiger partial charge in [-0.05, 0) is 55.7 Å². The van der Waals surface area contributed by atoms with Crippen molar-refractivity contribution in [1.82, 2.24) is 14.8 Å². The monoisotopic (exact) mass is 508 g/mol. The van der Waals surface area contributed by atoms with Crippen LogP contribution in [0.1, 0.15) is 36.5 Å². The van der Waals surface area contributed by atoms with Crippen molar-refractivity contribution in [2.45, 2.75) is 43.2 Å². The highest BCUT2D eigenvalue weighted by atomic mass is 32.2. The van der Waals surface area contributed by atoms with Gasteiger partial charge in [-0.15, -0.1) is 0 Å². The number of amides is 2. The number of benzene rings is 2. The van der Waals surface area contributed by atoms with E-state index in [2.05, 4.69) is 9.71 Å². The van der Waals surface area contributed by atoms with Crippen LogP contribution in [0.4, 0.5) is 10.5 Å². The van der Waals surface area contributed by atoms with Crippen LogP contribution in [0.5, 0.6) is 0 Å². The number of fused-ring (bicyclic) bond motifs is 1. The molecule has 2 amide bonds. The highest BCUT2D eigenvalue weighted by molar-refractivity contribution is 7.93. The second-order valence-electron chi connectivity index (χ2n) is 9.48. The molecule has 2 aliphatic rings. The average Bonchev–Trinajstić information content (AvgIpc) is 3.69. The molecule has 0 radical (unpaired) electrons. The number of piperazine rings is 1. The first-order valence-electron chi connectivity index (χ1n) is 12.0. The number of sulfonamides is 1. The van der Waals surface area contributed by atoms with Crippen molar-refractivity contribution in [3.05, 3.63) is 66.4 Å². The Hall–Kier alpha value is -3.66. The van der Waals surface area contributed by atoms with Gasteiger partial charge in [0.15, 0.2) is 0 Å². The number of hydrogen-bond donors (Lipinski definition) is 2. The molecule has 10 heteroatoms. The van der Waals surface area contributed by atoms with E-state index in [1.165, 1.54) is 11.0 Å². The van der Waals surface area contributed by atoms with E-state index in [9.17, 15) is 23.1 Å². The molecular formula is C26H28N4O5S. The molecule has 5 rings (SSSR count). The van der Waals surface area contributed by atoms with E-state index in [1.807, 2.05) is 6.92 Å². The number of pyridine rings is 1. The SMILES string of the molecule is CC1[C@H](CC2CC2)N(C(=O)O)CCN1C(=O)c1ccc(NS(=O)(=O)c2cccc3cccnc23)cc1. The van der Waals surface area contributed by atoms with Crippen molar-refractivity contribution < 1.29 is 23.1 Å². The third-order valence-corrected chi connectivity index (χ3v) is 8.49. The molecule has 1 aliphatic carbocycles. The summed E-state index contributed by atoms with van der Waals surface area (Å²) < 4.78 is 28.7. The molecule has 2 heterocycles. The van der Waals surface area contributed by atoms with E-state index in [1.54, 1.807) is 59.6 Å². The molecule has 2 N–H and O–H groups in total. The van der Waals surface area contributed by atoms with Crippen molar-refractivity contribution in [2.24, 2.45) is 5.92 Å². The minimum atomic E-state index is -3.90. The number of carboxylic acid groups (broad SMARTS) is 1. The normalized spacial score (nSPS) is 20.4. The third kappa shape index (κ3) is 4.73. The van der Waals surface area contributed by atoms with Crippen molar-refractivity contribution in [2.75, 3.05) is 17.8 Å². The maximum absolute atomic E-state index is 13.3. The van der Waals surface area contributed by atoms with Crippen LogP contribution in [0, 0.1) is 5.92 Å². The van der Waals surface area contributed by atoms with Crippen LogP contribution < -0.4 is 4.72 Å². The highest BCUT2D eigenvalue weighted by Crippen LogP contribution is 2.37. The van der Waals surface area contributed by atoms with Crippen LogP contribution in [0.3, 0.4) is 0 Å². The minimum absolute atomic E-state index is 0.0765. The number of rotatable bonds is 6. The lowest BCUT2D eigenvalue weighted by Crippen LogP contribution is -2.61. The summed E-state index contributed by atoms with van der Waals surface area (Å²) in [7, 11) is -3.90. The first-order valence-corrected chi connectivity index (χ1v) is 13.5.